The molecule has 8 heteroatoms. The van der Waals surface area contributed by atoms with Crippen LogP contribution in [0.15, 0.2) is 71.3 Å². The van der Waals surface area contributed by atoms with Crippen molar-refractivity contribution in [2.45, 2.75) is 0 Å². The van der Waals surface area contributed by atoms with Crippen molar-refractivity contribution in [3.05, 3.63) is 87.0 Å². The third-order valence-corrected chi connectivity index (χ3v) is 3.83. The second-order valence-electron chi connectivity index (χ2n) is 5.17. The first-order chi connectivity index (χ1) is 12.5. The number of para-hydroxylation sites is 1. The van der Waals surface area contributed by atoms with Crippen LogP contribution in [0.3, 0.4) is 0 Å². The fourth-order valence-electron chi connectivity index (χ4n) is 2.15. The van der Waals surface area contributed by atoms with Gasteiger partial charge in [0.15, 0.2) is 0 Å². The molecule has 1 N–H and O–H groups in total. The molecule has 0 fully saturated rings. The number of carbonyl (C=O) groups is 1. The molecule has 0 radical (unpaired) electrons. The van der Waals surface area contributed by atoms with Crippen LogP contribution in [-0.4, -0.2) is 15.8 Å². The van der Waals surface area contributed by atoms with E-state index in [9.17, 15) is 14.9 Å². The Morgan fingerprint density at radius 1 is 1.12 bits per heavy atom. The van der Waals surface area contributed by atoms with Gasteiger partial charge in [-0.3, -0.25) is 14.9 Å². The summed E-state index contributed by atoms with van der Waals surface area (Å²) in [6.45, 7) is 0. The van der Waals surface area contributed by atoms with Crippen LogP contribution in [-0.2, 0) is 0 Å². The van der Waals surface area contributed by atoms with Gasteiger partial charge in [-0.05, 0) is 46.3 Å². The van der Waals surface area contributed by atoms with Crippen molar-refractivity contribution in [3.63, 3.8) is 0 Å². The number of hydrogen-bond donors (Lipinski definition) is 1. The lowest BCUT2D eigenvalue weighted by Crippen LogP contribution is -2.14. The van der Waals surface area contributed by atoms with Crippen LogP contribution in [0, 0.1) is 10.1 Å². The largest absolute Gasteiger partial charge is 0.457 e. The first-order valence-corrected chi connectivity index (χ1v) is 8.26. The normalized spacial score (nSPS) is 10.2. The summed E-state index contributed by atoms with van der Waals surface area (Å²) in [6, 6.07) is 16.0. The summed E-state index contributed by atoms with van der Waals surface area (Å²) in [5.74, 6) is 0.471. The molecule has 7 nitrogen and oxygen atoms in total. The number of rotatable bonds is 5. The second kappa shape index (κ2) is 7.75. The van der Waals surface area contributed by atoms with Crippen molar-refractivity contribution in [1.82, 2.24) is 4.98 Å². The molecule has 130 valence electrons. The number of non-ortho nitro benzene ring substituents is 1. The van der Waals surface area contributed by atoms with Gasteiger partial charge in [0.25, 0.3) is 11.6 Å². The van der Waals surface area contributed by atoms with Crippen molar-refractivity contribution in [1.29, 1.82) is 0 Å². The fraction of sp³-hybridized carbons (Fsp3) is 0. The second-order valence-corrected chi connectivity index (χ2v) is 6.08. The SMILES string of the molecule is O=C(Nc1ccc(Br)cn1)c1cc([N+](=O)[O-])ccc1Oc1ccccc1. The van der Waals surface area contributed by atoms with E-state index in [2.05, 4.69) is 26.2 Å². The standard InChI is InChI=1S/C18H12BrN3O4/c19-12-6-9-17(20-11-12)21-18(23)15-10-13(22(24)25)7-8-16(15)26-14-4-2-1-3-5-14/h1-11H,(H,20,21,23). The average molecular weight is 414 g/mol. The molecule has 0 unspecified atom stereocenters. The highest BCUT2D eigenvalue weighted by atomic mass is 79.9. The number of ether oxygens (including phenoxy) is 1. The number of nitrogens with zero attached hydrogens (tertiary/aromatic N) is 2. The van der Waals surface area contributed by atoms with Gasteiger partial charge in [-0.2, -0.15) is 0 Å². The van der Waals surface area contributed by atoms with Crippen LogP contribution in [0.4, 0.5) is 11.5 Å². The predicted molar refractivity (Wildman–Crippen MR) is 99.5 cm³/mol. The number of nitrogens with one attached hydrogen (secondary N) is 1. The van der Waals surface area contributed by atoms with Gasteiger partial charge >= 0.3 is 0 Å². The molecule has 0 saturated carbocycles. The molecular formula is C18H12BrN3O4. The first kappa shape index (κ1) is 17.6. The van der Waals surface area contributed by atoms with E-state index < -0.39 is 10.8 Å². The molecular weight excluding hydrogens is 402 g/mol. The molecule has 26 heavy (non-hydrogen) atoms. The molecule has 3 rings (SSSR count). The average Bonchev–Trinajstić information content (AvgIpc) is 2.64. The Hall–Kier alpha value is -3.26. The van der Waals surface area contributed by atoms with E-state index in [-0.39, 0.29) is 17.0 Å². The highest BCUT2D eigenvalue weighted by Gasteiger charge is 2.19. The van der Waals surface area contributed by atoms with Gasteiger partial charge in [0.2, 0.25) is 0 Å². The molecule has 0 aliphatic carbocycles. The highest BCUT2D eigenvalue weighted by molar-refractivity contribution is 9.10. The maximum absolute atomic E-state index is 12.6. The van der Waals surface area contributed by atoms with Crippen molar-refractivity contribution < 1.29 is 14.5 Å². The number of aromatic nitrogens is 1. The van der Waals surface area contributed by atoms with Crippen LogP contribution in [0.1, 0.15) is 10.4 Å². The molecule has 3 aromatic rings. The number of amides is 1. The summed E-state index contributed by atoms with van der Waals surface area (Å²) in [6.07, 6.45) is 1.53. The van der Waals surface area contributed by atoms with Gasteiger partial charge < -0.3 is 10.1 Å². The number of nitro benzene ring substituents is 1. The number of pyridine rings is 1. The number of anilines is 1. The van der Waals surface area contributed by atoms with E-state index in [1.165, 1.54) is 24.4 Å². The predicted octanol–water partition coefficient (Wildman–Crippen LogP) is 4.80. The topological polar surface area (TPSA) is 94.4 Å². The van der Waals surface area contributed by atoms with Crippen molar-refractivity contribution in [2.24, 2.45) is 0 Å². The lowest BCUT2D eigenvalue weighted by molar-refractivity contribution is -0.384. The molecule has 0 saturated heterocycles. The minimum absolute atomic E-state index is 0.0350. The van der Waals surface area contributed by atoms with E-state index >= 15 is 0 Å². The first-order valence-electron chi connectivity index (χ1n) is 7.47. The Labute approximate surface area is 156 Å². The fourth-order valence-corrected chi connectivity index (χ4v) is 2.38. The summed E-state index contributed by atoms with van der Waals surface area (Å²) < 4.78 is 6.47. The summed E-state index contributed by atoms with van der Waals surface area (Å²) in [5.41, 5.74) is -0.174. The maximum Gasteiger partial charge on any atom is 0.270 e. The number of carbonyl (C=O) groups excluding carboxylic acids is 1. The quantitative estimate of drug-likeness (QED) is 0.478. The zero-order valence-corrected chi connectivity index (χ0v) is 14.8. The van der Waals surface area contributed by atoms with Crippen molar-refractivity contribution in [3.8, 4) is 11.5 Å². The van der Waals surface area contributed by atoms with E-state index in [1.807, 2.05) is 6.07 Å². The molecule has 0 aliphatic heterocycles. The van der Waals surface area contributed by atoms with Gasteiger partial charge in [0.05, 0.1) is 10.5 Å². The highest BCUT2D eigenvalue weighted by Crippen LogP contribution is 2.29. The summed E-state index contributed by atoms with van der Waals surface area (Å²) in [5, 5.41) is 13.7. The lowest BCUT2D eigenvalue weighted by atomic mass is 10.1. The summed E-state index contributed by atoms with van der Waals surface area (Å²) >= 11 is 3.26. The van der Waals surface area contributed by atoms with Gasteiger partial charge in [-0.25, -0.2) is 4.98 Å². The Balaban J connectivity index is 1.93. The summed E-state index contributed by atoms with van der Waals surface area (Å²) in [7, 11) is 0. The van der Waals surface area contributed by atoms with E-state index in [0.717, 1.165) is 4.47 Å². The third kappa shape index (κ3) is 4.22. The molecule has 1 aromatic heterocycles. The van der Waals surface area contributed by atoms with Crippen LogP contribution in [0.25, 0.3) is 0 Å². The minimum atomic E-state index is -0.568. The molecule has 0 spiro atoms. The van der Waals surface area contributed by atoms with Crippen LogP contribution < -0.4 is 10.1 Å². The molecule has 0 bridgehead atoms. The van der Waals surface area contributed by atoms with Gasteiger partial charge in [0.1, 0.15) is 17.3 Å². The lowest BCUT2D eigenvalue weighted by Gasteiger charge is -2.11. The van der Waals surface area contributed by atoms with Crippen molar-refractivity contribution in [2.75, 3.05) is 5.32 Å². The van der Waals surface area contributed by atoms with Crippen LogP contribution in [0.5, 0.6) is 11.5 Å². The monoisotopic (exact) mass is 413 g/mol. The molecule has 2 aromatic carbocycles. The Kier molecular flexibility index (Phi) is 5.23. The van der Waals surface area contributed by atoms with Crippen LogP contribution in [0.2, 0.25) is 0 Å². The number of benzene rings is 2. The van der Waals surface area contributed by atoms with Gasteiger partial charge in [-0.15, -0.1) is 0 Å². The zero-order chi connectivity index (χ0) is 18.5. The summed E-state index contributed by atoms with van der Waals surface area (Å²) in [4.78, 5) is 27.2. The molecule has 0 aliphatic rings. The van der Waals surface area contributed by atoms with E-state index in [1.54, 1.807) is 36.4 Å². The van der Waals surface area contributed by atoms with Crippen LogP contribution >= 0.6 is 15.9 Å². The molecule has 1 amide bonds. The third-order valence-electron chi connectivity index (χ3n) is 3.36. The Morgan fingerprint density at radius 3 is 2.54 bits per heavy atom. The Bertz CT molecular complexity index is 946. The number of nitro groups is 1. The smallest absolute Gasteiger partial charge is 0.270 e. The van der Waals surface area contributed by atoms with E-state index in [0.29, 0.717) is 11.6 Å². The minimum Gasteiger partial charge on any atom is -0.457 e. The zero-order valence-electron chi connectivity index (χ0n) is 13.3. The van der Waals surface area contributed by atoms with Gasteiger partial charge in [-0.1, -0.05) is 18.2 Å². The Morgan fingerprint density at radius 2 is 1.88 bits per heavy atom. The van der Waals surface area contributed by atoms with Crippen molar-refractivity contribution >= 4 is 33.3 Å². The maximum atomic E-state index is 12.6. The number of hydrogen-bond acceptors (Lipinski definition) is 5. The molecule has 1 heterocycles. The number of halogens is 1. The molecule has 0 atom stereocenters. The van der Waals surface area contributed by atoms with Gasteiger partial charge in [0, 0.05) is 22.8 Å². The van der Waals surface area contributed by atoms with E-state index in [4.69, 9.17) is 4.74 Å².